The molecule has 0 spiro atoms. The minimum Gasteiger partial charge on any atom is -0.352 e. The smallest absolute Gasteiger partial charge is 0.227 e. The van der Waals surface area contributed by atoms with Crippen LogP contribution in [0, 0.1) is 11.7 Å². The van der Waals surface area contributed by atoms with E-state index in [1.807, 2.05) is 12.2 Å². The first-order valence-corrected chi connectivity index (χ1v) is 5.61. The lowest BCUT2D eigenvalue weighted by Crippen LogP contribution is -2.30. The standard InChI is InChI=1S/C13H15FN2O/c14-11-4-1-9(2-5-11)8-16-13(17)10-3-6-12(15)7-10/h1-6,10,12H,7-8,15H2,(H,16,17). The normalized spacial score (nSPS) is 22.7. The van der Waals surface area contributed by atoms with Crippen molar-refractivity contribution in [3.63, 3.8) is 0 Å². The third-order valence-electron chi connectivity index (χ3n) is 2.83. The molecule has 0 heterocycles. The molecule has 0 fully saturated rings. The number of hydrogen-bond donors (Lipinski definition) is 2. The Kier molecular flexibility index (Phi) is 3.54. The molecule has 4 heteroatoms. The van der Waals surface area contributed by atoms with Gasteiger partial charge in [-0.1, -0.05) is 24.3 Å². The SMILES string of the molecule is NC1C=CC(C(=O)NCc2ccc(F)cc2)C1. The topological polar surface area (TPSA) is 55.1 Å². The molecular formula is C13H15FN2O. The van der Waals surface area contributed by atoms with Gasteiger partial charge in [-0.2, -0.15) is 0 Å². The van der Waals surface area contributed by atoms with Crippen molar-refractivity contribution in [1.29, 1.82) is 0 Å². The van der Waals surface area contributed by atoms with Gasteiger partial charge in [0.15, 0.2) is 0 Å². The molecule has 2 atom stereocenters. The molecule has 0 bridgehead atoms. The van der Waals surface area contributed by atoms with Gasteiger partial charge in [0.05, 0.1) is 5.92 Å². The average Bonchev–Trinajstić information content (AvgIpc) is 2.75. The van der Waals surface area contributed by atoms with E-state index in [-0.39, 0.29) is 23.7 Å². The molecule has 1 aromatic carbocycles. The predicted octanol–water partition coefficient (Wildman–Crippen LogP) is 1.35. The van der Waals surface area contributed by atoms with Gasteiger partial charge in [0.25, 0.3) is 0 Å². The third kappa shape index (κ3) is 3.14. The van der Waals surface area contributed by atoms with E-state index in [1.165, 1.54) is 12.1 Å². The molecule has 17 heavy (non-hydrogen) atoms. The fraction of sp³-hybridized carbons (Fsp3) is 0.308. The van der Waals surface area contributed by atoms with Crippen LogP contribution in [0.25, 0.3) is 0 Å². The summed E-state index contributed by atoms with van der Waals surface area (Å²) < 4.78 is 12.7. The van der Waals surface area contributed by atoms with Crippen molar-refractivity contribution in [2.75, 3.05) is 0 Å². The van der Waals surface area contributed by atoms with Crippen LogP contribution >= 0.6 is 0 Å². The zero-order valence-corrected chi connectivity index (χ0v) is 9.40. The van der Waals surface area contributed by atoms with E-state index < -0.39 is 0 Å². The number of nitrogens with one attached hydrogen (secondary N) is 1. The summed E-state index contributed by atoms with van der Waals surface area (Å²) >= 11 is 0. The van der Waals surface area contributed by atoms with Crippen molar-refractivity contribution >= 4 is 5.91 Å². The maximum atomic E-state index is 12.7. The van der Waals surface area contributed by atoms with Crippen LogP contribution in [-0.2, 0) is 11.3 Å². The summed E-state index contributed by atoms with van der Waals surface area (Å²) in [6, 6.07) is 6.06. The summed E-state index contributed by atoms with van der Waals surface area (Å²) in [4.78, 5) is 11.7. The third-order valence-corrected chi connectivity index (χ3v) is 2.83. The number of hydrogen-bond acceptors (Lipinski definition) is 2. The van der Waals surface area contributed by atoms with Crippen LogP contribution in [0.2, 0.25) is 0 Å². The summed E-state index contributed by atoms with van der Waals surface area (Å²) in [5.41, 5.74) is 6.56. The minimum atomic E-state index is -0.273. The fourth-order valence-electron chi connectivity index (χ4n) is 1.84. The molecule has 0 saturated carbocycles. The van der Waals surface area contributed by atoms with Gasteiger partial charge in [0.1, 0.15) is 5.82 Å². The largest absolute Gasteiger partial charge is 0.352 e. The van der Waals surface area contributed by atoms with Crippen LogP contribution in [0.4, 0.5) is 4.39 Å². The zero-order valence-electron chi connectivity index (χ0n) is 9.40. The lowest BCUT2D eigenvalue weighted by Gasteiger charge is -2.10. The second kappa shape index (κ2) is 5.10. The fourth-order valence-corrected chi connectivity index (χ4v) is 1.84. The first kappa shape index (κ1) is 11.8. The van der Waals surface area contributed by atoms with Crippen molar-refractivity contribution in [3.8, 4) is 0 Å². The highest BCUT2D eigenvalue weighted by Gasteiger charge is 2.22. The Balaban J connectivity index is 1.84. The van der Waals surface area contributed by atoms with Gasteiger partial charge < -0.3 is 11.1 Å². The maximum Gasteiger partial charge on any atom is 0.227 e. The number of halogens is 1. The second-order valence-corrected chi connectivity index (χ2v) is 4.24. The number of amides is 1. The van der Waals surface area contributed by atoms with Gasteiger partial charge in [-0.3, -0.25) is 4.79 Å². The Bertz CT molecular complexity index is 428. The molecule has 2 unspecified atom stereocenters. The van der Waals surface area contributed by atoms with Gasteiger partial charge in [-0.25, -0.2) is 4.39 Å². The molecule has 1 aliphatic carbocycles. The summed E-state index contributed by atoms with van der Waals surface area (Å²) in [5, 5.41) is 2.81. The van der Waals surface area contributed by atoms with Crippen LogP contribution in [0.15, 0.2) is 36.4 Å². The summed E-state index contributed by atoms with van der Waals surface area (Å²) in [7, 11) is 0. The number of carbonyl (C=O) groups is 1. The van der Waals surface area contributed by atoms with Gasteiger partial charge in [0.2, 0.25) is 5.91 Å². The highest BCUT2D eigenvalue weighted by atomic mass is 19.1. The Hall–Kier alpha value is -1.68. The van der Waals surface area contributed by atoms with Crippen molar-refractivity contribution in [3.05, 3.63) is 47.8 Å². The molecule has 1 amide bonds. The van der Waals surface area contributed by atoms with Crippen LogP contribution in [0.3, 0.4) is 0 Å². The molecule has 0 radical (unpaired) electrons. The molecular weight excluding hydrogens is 219 g/mol. The van der Waals surface area contributed by atoms with Crippen LogP contribution in [-0.4, -0.2) is 11.9 Å². The molecule has 0 aliphatic heterocycles. The highest BCUT2D eigenvalue weighted by Crippen LogP contribution is 2.16. The Morgan fingerprint density at radius 1 is 1.35 bits per heavy atom. The Morgan fingerprint density at radius 2 is 2.06 bits per heavy atom. The Morgan fingerprint density at radius 3 is 2.65 bits per heavy atom. The van der Waals surface area contributed by atoms with E-state index in [2.05, 4.69) is 5.32 Å². The van der Waals surface area contributed by atoms with E-state index in [4.69, 9.17) is 5.73 Å². The van der Waals surface area contributed by atoms with Crippen molar-refractivity contribution in [2.45, 2.75) is 19.0 Å². The minimum absolute atomic E-state index is 0.0171. The van der Waals surface area contributed by atoms with Crippen LogP contribution < -0.4 is 11.1 Å². The molecule has 90 valence electrons. The van der Waals surface area contributed by atoms with Crippen LogP contribution in [0.1, 0.15) is 12.0 Å². The number of benzene rings is 1. The summed E-state index contributed by atoms with van der Waals surface area (Å²) in [5.74, 6) is -0.436. The highest BCUT2D eigenvalue weighted by molar-refractivity contribution is 5.81. The van der Waals surface area contributed by atoms with Crippen molar-refractivity contribution in [1.82, 2.24) is 5.32 Å². The monoisotopic (exact) mass is 234 g/mol. The molecule has 1 aliphatic rings. The van der Waals surface area contributed by atoms with Crippen molar-refractivity contribution in [2.24, 2.45) is 11.7 Å². The lowest BCUT2D eigenvalue weighted by atomic mass is 10.1. The molecule has 3 nitrogen and oxygen atoms in total. The van der Waals surface area contributed by atoms with Crippen LogP contribution in [0.5, 0.6) is 0 Å². The van der Waals surface area contributed by atoms with Gasteiger partial charge in [0, 0.05) is 12.6 Å². The predicted molar refractivity (Wildman–Crippen MR) is 63.5 cm³/mol. The number of carbonyl (C=O) groups excluding carboxylic acids is 1. The first-order chi connectivity index (χ1) is 8.15. The second-order valence-electron chi connectivity index (χ2n) is 4.24. The molecule has 1 aromatic rings. The maximum absolute atomic E-state index is 12.7. The number of rotatable bonds is 3. The lowest BCUT2D eigenvalue weighted by molar-refractivity contribution is -0.123. The quantitative estimate of drug-likeness (QED) is 0.775. The summed E-state index contributed by atoms with van der Waals surface area (Å²) in [6.07, 6.45) is 4.35. The molecule has 3 N–H and O–H groups in total. The van der Waals surface area contributed by atoms with E-state index >= 15 is 0 Å². The van der Waals surface area contributed by atoms with E-state index in [1.54, 1.807) is 12.1 Å². The van der Waals surface area contributed by atoms with E-state index in [0.29, 0.717) is 13.0 Å². The molecule has 0 aromatic heterocycles. The van der Waals surface area contributed by atoms with E-state index in [9.17, 15) is 9.18 Å². The zero-order chi connectivity index (χ0) is 12.3. The molecule has 0 saturated heterocycles. The van der Waals surface area contributed by atoms with Gasteiger partial charge in [-0.15, -0.1) is 0 Å². The van der Waals surface area contributed by atoms with Gasteiger partial charge >= 0.3 is 0 Å². The average molecular weight is 234 g/mol. The summed E-state index contributed by atoms with van der Waals surface area (Å²) in [6.45, 7) is 0.415. The molecule has 2 rings (SSSR count). The van der Waals surface area contributed by atoms with Crippen molar-refractivity contribution < 1.29 is 9.18 Å². The number of nitrogens with two attached hydrogens (primary N) is 1. The van der Waals surface area contributed by atoms with E-state index in [0.717, 1.165) is 5.56 Å². The van der Waals surface area contributed by atoms with Gasteiger partial charge in [-0.05, 0) is 24.1 Å². The Labute approximate surface area is 99.5 Å². The first-order valence-electron chi connectivity index (χ1n) is 5.61.